The fourth-order valence-corrected chi connectivity index (χ4v) is 1.78. The molecule has 0 aliphatic carbocycles. The molecule has 2 aromatic rings. The first-order chi connectivity index (χ1) is 7.13. The number of rotatable bonds is 2. The summed E-state index contributed by atoms with van der Waals surface area (Å²) in [5.74, 6) is 0.00782. The number of carboxylic acid groups (broad SMARTS) is 1. The van der Waals surface area contributed by atoms with Crippen LogP contribution in [0.4, 0.5) is 0 Å². The van der Waals surface area contributed by atoms with Crippen molar-refractivity contribution >= 4 is 17.0 Å². The van der Waals surface area contributed by atoms with Gasteiger partial charge in [-0.25, -0.2) is 9.78 Å². The van der Waals surface area contributed by atoms with Crippen LogP contribution >= 0.6 is 0 Å². The largest absolute Gasteiger partial charge is 0.478 e. The number of hydrogen-bond donors (Lipinski definition) is 1. The molecular formula is C11H12N2O2. The third-order valence-electron chi connectivity index (χ3n) is 2.50. The van der Waals surface area contributed by atoms with Gasteiger partial charge >= 0.3 is 5.97 Å². The number of aryl methyl sites for hydroxylation is 2. The maximum absolute atomic E-state index is 10.8. The Kier molecular flexibility index (Phi) is 2.19. The molecule has 1 aromatic carbocycles. The van der Waals surface area contributed by atoms with Gasteiger partial charge in [-0.2, -0.15) is 0 Å². The van der Waals surface area contributed by atoms with Crippen LogP contribution in [0.15, 0.2) is 18.2 Å². The first-order valence-electron chi connectivity index (χ1n) is 4.83. The van der Waals surface area contributed by atoms with Crippen molar-refractivity contribution in [2.75, 3.05) is 0 Å². The van der Waals surface area contributed by atoms with Gasteiger partial charge in [0.1, 0.15) is 5.82 Å². The number of carbonyl (C=O) groups is 1. The third kappa shape index (κ3) is 1.48. The molecule has 0 bridgehead atoms. The predicted octanol–water partition coefficient (Wildman–Crippen LogP) is 2.06. The van der Waals surface area contributed by atoms with Crippen molar-refractivity contribution in [1.82, 2.24) is 9.55 Å². The molecule has 0 amide bonds. The number of carboxylic acids is 1. The van der Waals surface area contributed by atoms with Gasteiger partial charge in [0.2, 0.25) is 0 Å². The number of hydrogen-bond acceptors (Lipinski definition) is 2. The van der Waals surface area contributed by atoms with Crippen LogP contribution in [-0.2, 0) is 6.54 Å². The Morgan fingerprint density at radius 3 is 2.87 bits per heavy atom. The van der Waals surface area contributed by atoms with Gasteiger partial charge in [-0.15, -0.1) is 0 Å². The summed E-state index contributed by atoms with van der Waals surface area (Å²) in [4.78, 5) is 15.2. The molecule has 4 heteroatoms. The molecule has 4 nitrogen and oxygen atoms in total. The molecule has 0 aliphatic heterocycles. The molecule has 0 radical (unpaired) electrons. The highest BCUT2D eigenvalue weighted by atomic mass is 16.4. The number of nitrogens with zero attached hydrogens (tertiary/aromatic N) is 2. The third-order valence-corrected chi connectivity index (χ3v) is 2.50. The van der Waals surface area contributed by atoms with E-state index in [0.29, 0.717) is 5.56 Å². The van der Waals surface area contributed by atoms with Crippen LogP contribution in [0.1, 0.15) is 23.1 Å². The van der Waals surface area contributed by atoms with Gasteiger partial charge in [-0.05, 0) is 32.0 Å². The van der Waals surface area contributed by atoms with Gasteiger partial charge < -0.3 is 9.67 Å². The zero-order valence-electron chi connectivity index (χ0n) is 8.69. The molecule has 0 saturated heterocycles. The standard InChI is InChI=1S/C11H12N2O2/c1-3-13-7(2)12-9-5-4-8(11(14)15)6-10(9)13/h4-6H,3H2,1-2H3,(H,14,15). The second kappa shape index (κ2) is 3.38. The summed E-state index contributed by atoms with van der Waals surface area (Å²) >= 11 is 0. The molecule has 0 fully saturated rings. The monoisotopic (exact) mass is 204 g/mol. The van der Waals surface area contributed by atoms with E-state index in [0.717, 1.165) is 23.4 Å². The number of aromatic carboxylic acids is 1. The van der Waals surface area contributed by atoms with Crippen LogP contribution in [0, 0.1) is 6.92 Å². The van der Waals surface area contributed by atoms with Crippen LogP contribution < -0.4 is 0 Å². The van der Waals surface area contributed by atoms with E-state index in [2.05, 4.69) is 4.98 Å². The molecule has 0 unspecified atom stereocenters. The predicted molar refractivity (Wildman–Crippen MR) is 57.1 cm³/mol. The van der Waals surface area contributed by atoms with E-state index < -0.39 is 5.97 Å². The molecule has 1 aromatic heterocycles. The normalized spacial score (nSPS) is 10.8. The average molecular weight is 204 g/mol. The Balaban J connectivity index is 2.73. The SMILES string of the molecule is CCn1c(C)nc2ccc(C(=O)O)cc21. The van der Waals surface area contributed by atoms with Crippen LogP contribution in [0.5, 0.6) is 0 Å². The van der Waals surface area contributed by atoms with Crippen molar-refractivity contribution in [3.8, 4) is 0 Å². The summed E-state index contributed by atoms with van der Waals surface area (Å²) in [5, 5.41) is 8.89. The second-order valence-electron chi connectivity index (χ2n) is 3.41. The topological polar surface area (TPSA) is 55.1 Å². The lowest BCUT2D eigenvalue weighted by Crippen LogP contribution is -1.99. The van der Waals surface area contributed by atoms with Crippen molar-refractivity contribution in [3.63, 3.8) is 0 Å². The Morgan fingerprint density at radius 2 is 2.27 bits per heavy atom. The van der Waals surface area contributed by atoms with Crippen LogP contribution in [0.2, 0.25) is 0 Å². The molecule has 2 rings (SSSR count). The highest BCUT2D eigenvalue weighted by Gasteiger charge is 2.09. The van der Waals surface area contributed by atoms with E-state index in [4.69, 9.17) is 5.11 Å². The van der Waals surface area contributed by atoms with Crippen molar-refractivity contribution in [1.29, 1.82) is 0 Å². The summed E-state index contributed by atoms with van der Waals surface area (Å²) in [6, 6.07) is 5.00. The molecule has 1 N–H and O–H groups in total. The Morgan fingerprint density at radius 1 is 1.53 bits per heavy atom. The maximum atomic E-state index is 10.8. The van der Waals surface area contributed by atoms with E-state index in [1.165, 1.54) is 0 Å². The van der Waals surface area contributed by atoms with Gasteiger partial charge in [0, 0.05) is 6.54 Å². The first kappa shape index (κ1) is 9.71. The lowest BCUT2D eigenvalue weighted by atomic mass is 10.2. The van der Waals surface area contributed by atoms with E-state index in [-0.39, 0.29) is 0 Å². The minimum Gasteiger partial charge on any atom is -0.478 e. The smallest absolute Gasteiger partial charge is 0.335 e. The molecule has 0 spiro atoms. The Bertz CT molecular complexity index is 529. The number of fused-ring (bicyclic) bond motifs is 1. The number of benzene rings is 1. The molecule has 1 heterocycles. The molecular weight excluding hydrogens is 192 g/mol. The second-order valence-corrected chi connectivity index (χ2v) is 3.41. The average Bonchev–Trinajstić information content (AvgIpc) is 2.51. The molecule has 78 valence electrons. The molecule has 0 aliphatic rings. The van der Waals surface area contributed by atoms with Gasteiger partial charge in [0.05, 0.1) is 16.6 Å². The van der Waals surface area contributed by atoms with Gasteiger partial charge in [-0.3, -0.25) is 0 Å². The van der Waals surface area contributed by atoms with Crippen LogP contribution in [-0.4, -0.2) is 20.6 Å². The van der Waals surface area contributed by atoms with Crippen molar-refractivity contribution in [2.24, 2.45) is 0 Å². The maximum Gasteiger partial charge on any atom is 0.335 e. The van der Waals surface area contributed by atoms with Crippen LogP contribution in [0.25, 0.3) is 11.0 Å². The van der Waals surface area contributed by atoms with Crippen molar-refractivity contribution in [2.45, 2.75) is 20.4 Å². The van der Waals surface area contributed by atoms with Crippen molar-refractivity contribution in [3.05, 3.63) is 29.6 Å². The minimum atomic E-state index is -0.904. The molecule has 0 saturated carbocycles. The zero-order valence-corrected chi connectivity index (χ0v) is 8.69. The van der Waals surface area contributed by atoms with E-state index in [1.807, 2.05) is 18.4 Å². The zero-order chi connectivity index (χ0) is 11.0. The van der Waals surface area contributed by atoms with Crippen LogP contribution in [0.3, 0.4) is 0 Å². The first-order valence-corrected chi connectivity index (χ1v) is 4.83. The van der Waals surface area contributed by atoms with Gasteiger partial charge in [0.25, 0.3) is 0 Å². The summed E-state index contributed by atoms with van der Waals surface area (Å²) in [6.07, 6.45) is 0. The summed E-state index contributed by atoms with van der Waals surface area (Å²) < 4.78 is 2.00. The van der Waals surface area contributed by atoms with E-state index in [1.54, 1.807) is 18.2 Å². The number of aromatic nitrogens is 2. The van der Waals surface area contributed by atoms with Gasteiger partial charge in [-0.1, -0.05) is 0 Å². The minimum absolute atomic E-state index is 0.303. The van der Waals surface area contributed by atoms with Gasteiger partial charge in [0.15, 0.2) is 0 Å². The fourth-order valence-electron chi connectivity index (χ4n) is 1.78. The lowest BCUT2D eigenvalue weighted by Gasteiger charge is -2.02. The van der Waals surface area contributed by atoms with E-state index >= 15 is 0 Å². The van der Waals surface area contributed by atoms with E-state index in [9.17, 15) is 4.79 Å². The number of imidazole rings is 1. The lowest BCUT2D eigenvalue weighted by molar-refractivity contribution is 0.0697. The Labute approximate surface area is 87.2 Å². The highest BCUT2D eigenvalue weighted by molar-refractivity contribution is 5.92. The quantitative estimate of drug-likeness (QED) is 0.814. The molecule has 15 heavy (non-hydrogen) atoms. The summed E-state index contributed by atoms with van der Waals surface area (Å²) in [7, 11) is 0. The fraction of sp³-hybridized carbons (Fsp3) is 0.273. The highest BCUT2D eigenvalue weighted by Crippen LogP contribution is 2.17. The summed E-state index contributed by atoms with van der Waals surface area (Å²) in [5.41, 5.74) is 2.03. The summed E-state index contributed by atoms with van der Waals surface area (Å²) in [6.45, 7) is 4.73. The molecule has 0 atom stereocenters. The Hall–Kier alpha value is -1.84. The van der Waals surface area contributed by atoms with Crippen molar-refractivity contribution < 1.29 is 9.90 Å².